The highest BCUT2D eigenvalue weighted by Gasteiger charge is 2.19. The van der Waals surface area contributed by atoms with Crippen LogP contribution in [0.3, 0.4) is 0 Å². The SMILES string of the molecule is CC(OC(=O)c1sccc1N)C(=O)O. The summed E-state index contributed by atoms with van der Waals surface area (Å²) < 4.78 is 4.63. The van der Waals surface area contributed by atoms with Crippen LogP contribution >= 0.6 is 11.3 Å². The summed E-state index contributed by atoms with van der Waals surface area (Å²) in [6, 6.07) is 1.56. The van der Waals surface area contributed by atoms with Crippen LogP contribution in [0.1, 0.15) is 16.6 Å². The van der Waals surface area contributed by atoms with Gasteiger partial charge in [0.1, 0.15) is 4.88 Å². The second-order valence-electron chi connectivity index (χ2n) is 2.59. The van der Waals surface area contributed by atoms with Crippen molar-refractivity contribution in [1.82, 2.24) is 0 Å². The molecule has 1 aromatic rings. The lowest BCUT2D eigenvalue weighted by atomic mass is 10.4. The van der Waals surface area contributed by atoms with Crippen molar-refractivity contribution in [1.29, 1.82) is 0 Å². The summed E-state index contributed by atoms with van der Waals surface area (Å²) in [5.41, 5.74) is 5.76. The van der Waals surface area contributed by atoms with Crippen molar-refractivity contribution in [3.05, 3.63) is 16.3 Å². The Bertz CT molecular complexity index is 360. The van der Waals surface area contributed by atoms with Gasteiger partial charge in [0.2, 0.25) is 0 Å². The maximum Gasteiger partial charge on any atom is 0.351 e. The minimum absolute atomic E-state index is 0.234. The van der Waals surface area contributed by atoms with Gasteiger partial charge in [-0.1, -0.05) is 0 Å². The summed E-state index contributed by atoms with van der Waals surface area (Å²) in [7, 11) is 0. The fourth-order valence-electron chi connectivity index (χ4n) is 0.750. The lowest BCUT2D eigenvalue weighted by Crippen LogP contribution is -2.23. The summed E-state index contributed by atoms with van der Waals surface area (Å²) in [5, 5.41) is 10.1. The maximum atomic E-state index is 11.3. The molecule has 6 heteroatoms. The third-order valence-corrected chi connectivity index (χ3v) is 2.42. The van der Waals surface area contributed by atoms with E-state index in [1.165, 1.54) is 6.92 Å². The molecule has 0 saturated carbocycles. The van der Waals surface area contributed by atoms with Crippen LogP contribution in [-0.4, -0.2) is 23.1 Å². The Hall–Kier alpha value is -1.56. The third-order valence-electron chi connectivity index (χ3n) is 1.51. The summed E-state index contributed by atoms with van der Waals surface area (Å²) in [4.78, 5) is 21.9. The Morgan fingerprint density at radius 2 is 2.29 bits per heavy atom. The molecule has 0 amide bonds. The van der Waals surface area contributed by atoms with Crippen molar-refractivity contribution in [3.8, 4) is 0 Å². The average molecular weight is 215 g/mol. The number of carboxylic acids is 1. The van der Waals surface area contributed by atoms with Crippen LogP contribution in [0.5, 0.6) is 0 Å². The number of carboxylic acid groups (broad SMARTS) is 1. The van der Waals surface area contributed by atoms with E-state index in [0.717, 1.165) is 11.3 Å². The number of ether oxygens (including phenoxy) is 1. The van der Waals surface area contributed by atoms with Gasteiger partial charge in [-0.3, -0.25) is 0 Å². The van der Waals surface area contributed by atoms with Gasteiger partial charge in [-0.25, -0.2) is 9.59 Å². The highest BCUT2D eigenvalue weighted by Crippen LogP contribution is 2.20. The Labute approximate surface area is 84.1 Å². The molecule has 0 radical (unpaired) electrons. The molecule has 0 spiro atoms. The number of nitrogens with two attached hydrogens (primary N) is 1. The molecular weight excluding hydrogens is 206 g/mol. The summed E-state index contributed by atoms with van der Waals surface area (Å²) in [5.74, 6) is -1.89. The van der Waals surface area contributed by atoms with Crippen LogP contribution in [-0.2, 0) is 9.53 Å². The minimum atomic E-state index is -1.19. The summed E-state index contributed by atoms with van der Waals surface area (Å²) in [6.45, 7) is 1.28. The zero-order valence-corrected chi connectivity index (χ0v) is 8.21. The van der Waals surface area contributed by atoms with E-state index in [1.54, 1.807) is 11.4 Å². The number of carbonyl (C=O) groups is 2. The first-order valence-electron chi connectivity index (χ1n) is 3.79. The second-order valence-corrected chi connectivity index (χ2v) is 3.51. The fraction of sp³-hybridized carbons (Fsp3) is 0.250. The van der Waals surface area contributed by atoms with Gasteiger partial charge in [0.15, 0.2) is 6.10 Å². The number of carbonyl (C=O) groups excluding carboxylic acids is 1. The molecular formula is C8H9NO4S. The molecule has 0 saturated heterocycles. The molecule has 76 valence electrons. The van der Waals surface area contributed by atoms with Crippen LogP contribution in [0.4, 0.5) is 5.69 Å². The first-order chi connectivity index (χ1) is 6.52. The minimum Gasteiger partial charge on any atom is -0.479 e. The van der Waals surface area contributed by atoms with E-state index in [4.69, 9.17) is 10.8 Å². The fourth-order valence-corrected chi connectivity index (χ4v) is 1.45. The number of esters is 1. The van der Waals surface area contributed by atoms with Crippen molar-refractivity contribution >= 4 is 29.0 Å². The predicted molar refractivity (Wildman–Crippen MR) is 51.2 cm³/mol. The number of rotatable bonds is 3. The second kappa shape index (κ2) is 4.10. The molecule has 0 aromatic carbocycles. The van der Waals surface area contributed by atoms with Crippen molar-refractivity contribution in [2.75, 3.05) is 5.73 Å². The normalized spacial score (nSPS) is 12.1. The number of anilines is 1. The Morgan fingerprint density at radius 1 is 1.64 bits per heavy atom. The number of hydrogen-bond acceptors (Lipinski definition) is 5. The van der Waals surface area contributed by atoms with Gasteiger partial charge in [0.05, 0.1) is 5.69 Å². The van der Waals surface area contributed by atoms with Crippen LogP contribution in [0, 0.1) is 0 Å². The van der Waals surface area contributed by atoms with E-state index in [-0.39, 0.29) is 4.88 Å². The molecule has 1 unspecified atom stereocenters. The summed E-state index contributed by atoms with van der Waals surface area (Å²) >= 11 is 1.12. The molecule has 14 heavy (non-hydrogen) atoms. The molecule has 0 fully saturated rings. The lowest BCUT2D eigenvalue weighted by Gasteiger charge is -2.07. The number of aliphatic carboxylic acids is 1. The monoisotopic (exact) mass is 215 g/mol. The molecule has 1 aromatic heterocycles. The molecule has 1 atom stereocenters. The van der Waals surface area contributed by atoms with Crippen molar-refractivity contribution in [2.24, 2.45) is 0 Å². The average Bonchev–Trinajstić information content (AvgIpc) is 2.51. The van der Waals surface area contributed by atoms with Crippen LogP contribution in [0.15, 0.2) is 11.4 Å². The van der Waals surface area contributed by atoms with E-state index in [0.29, 0.717) is 5.69 Å². The highest BCUT2D eigenvalue weighted by atomic mass is 32.1. The Balaban J connectivity index is 2.69. The predicted octanol–water partition coefficient (Wildman–Crippen LogP) is 0.960. The lowest BCUT2D eigenvalue weighted by molar-refractivity contribution is -0.146. The smallest absolute Gasteiger partial charge is 0.351 e. The zero-order valence-electron chi connectivity index (χ0n) is 7.39. The number of hydrogen-bond donors (Lipinski definition) is 2. The van der Waals surface area contributed by atoms with E-state index in [2.05, 4.69) is 4.74 Å². The molecule has 0 bridgehead atoms. The number of nitrogen functional groups attached to an aromatic ring is 1. The maximum absolute atomic E-state index is 11.3. The van der Waals surface area contributed by atoms with Gasteiger partial charge < -0.3 is 15.6 Å². The topological polar surface area (TPSA) is 89.6 Å². The van der Waals surface area contributed by atoms with Crippen molar-refractivity contribution in [3.63, 3.8) is 0 Å². The quantitative estimate of drug-likeness (QED) is 0.733. The van der Waals surface area contributed by atoms with Crippen LogP contribution in [0.25, 0.3) is 0 Å². The molecule has 0 aliphatic carbocycles. The largest absolute Gasteiger partial charge is 0.479 e. The number of thiophene rings is 1. The molecule has 1 rings (SSSR count). The van der Waals surface area contributed by atoms with Gasteiger partial charge in [-0.05, 0) is 18.4 Å². The van der Waals surface area contributed by atoms with E-state index in [9.17, 15) is 9.59 Å². The van der Waals surface area contributed by atoms with Gasteiger partial charge in [0, 0.05) is 0 Å². The van der Waals surface area contributed by atoms with Crippen molar-refractivity contribution < 1.29 is 19.4 Å². The van der Waals surface area contributed by atoms with Gasteiger partial charge >= 0.3 is 11.9 Å². The van der Waals surface area contributed by atoms with Gasteiger partial charge in [0.25, 0.3) is 0 Å². The molecule has 0 aliphatic heterocycles. The van der Waals surface area contributed by atoms with Gasteiger partial charge in [-0.2, -0.15) is 0 Å². The first kappa shape index (κ1) is 10.5. The van der Waals surface area contributed by atoms with E-state index < -0.39 is 18.0 Å². The van der Waals surface area contributed by atoms with E-state index >= 15 is 0 Å². The standard InChI is InChI=1S/C8H9NO4S/c1-4(7(10)11)13-8(12)6-5(9)2-3-14-6/h2-4H,9H2,1H3,(H,10,11). The summed E-state index contributed by atoms with van der Waals surface area (Å²) in [6.07, 6.45) is -1.16. The third kappa shape index (κ3) is 2.23. The zero-order chi connectivity index (χ0) is 10.7. The van der Waals surface area contributed by atoms with E-state index in [1.807, 2.05) is 0 Å². The van der Waals surface area contributed by atoms with Crippen molar-refractivity contribution in [2.45, 2.75) is 13.0 Å². The Kier molecular flexibility index (Phi) is 3.08. The highest BCUT2D eigenvalue weighted by molar-refractivity contribution is 7.12. The van der Waals surface area contributed by atoms with Crippen LogP contribution in [0.2, 0.25) is 0 Å². The first-order valence-corrected chi connectivity index (χ1v) is 4.67. The molecule has 1 heterocycles. The Morgan fingerprint density at radius 3 is 2.71 bits per heavy atom. The molecule has 5 nitrogen and oxygen atoms in total. The molecule has 0 aliphatic rings. The van der Waals surface area contributed by atoms with Crippen LogP contribution < -0.4 is 5.73 Å². The molecule has 3 N–H and O–H groups in total. The van der Waals surface area contributed by atoms with Gasteiger partial charge in [-0.15, -0.1) is 11.3 Å².